The summed E-state index contributed by atoms with van der Waals surface area (Å²) in [4.78, 5) is 16.8. The number of likely N-dealkylation sites (tertiary alicyclic amines) is 1. The van der Waals surface area contributed by atoms with Gasteiger partial charge in [-0.05, 0) is 86.3 Å². The van der Waals surface area contributed by atoms with Gasteiger partial charge in [-0.15, -0.1) is 6.58 Å². The van der Waals surface area contributed by atoms with Gasteiger partial charge in [0, 0.05) is 35.6 Å². The predicted molar refractivity (Wildman–Crippen MR) is 158 cm³/mol. The predicted octanol–water partition coefficient (Wildman–Crippen LogP) is 7.23. The fraction of sp³-hybridized carbons (Fsp3) is 0.516. The van der Waals surface area contributed by atoms with E-state index < -0.39 is 15.4 Å². The molecular formula is C31H38Cl2N2O3S. The Hall–Kier alpha value is -1.86. The van der Waals surface area contributed by atoms with Crippen molar-refractivity contribution in [1.29, 1.82) is 0 Å². The highest BCUT2D eigenvalue weighted by atomic mass is 35.5. The van der Waals surface area contributed by atoms with Crippen molar-refractivity contribution in [3.8, 4) is 0 Å². The van der Waals surface area contributed by atoms with Crippen molar-refractivity contribution in [3.05, 3.63) is 82.4 Å². The fourth-order valence-corrected chi connectivity index (χ4v) is 8.41. The largest absolute Gasteiger partial charge is 0.330 e. The smallest absolute Gasteiger partial charge is 0.229 e. The van der Waals surface area contributed by atoms with Gasteiger partial charge in [-0.3, -0.25) is 4.79 Å². The third kappa shape index (κ3) is 5.68. The molecular weight excluding hydrogens is 551 g/mol. The van der Waals surface area contributed by atoms with E-state index in [1.807, 2.05) is 48.5 Å². The summed E-state index contributed by atoms with van der Waals surface area (Å²) >= 11 is 12.8. The van der Waals surface area contributed by atoms with E-state index >= 15 is 0 Å². The van der Waals surface area contributed by atoms with Gasteiger partial charge >= 0.3 is 0 Å². The number of piperidine rings is 1. The number of carbonyl (C=O) groups excluding carboxylic acids is 1. The number of carbonyl (C=O) groups is 1. The molecule has 8 heteroatoms. The van der Waals surface area contributed by atoms with Gasteiger partial charge in [-0.2, -0.15) is 0 Å². The molecule has 1 aliphatic heterocycles. The molecule has 0 bridgehead atoms. The molecule has 0 spiro atoms. The van der Waals surface area contributed by atoms with Gasteiger partial charge < -0.3 is 4.90 Å². The third-order valence-electron chi connectivity index (χ3n) is 9.03. The van der Waals surface area contributed by atoms with Crippen LogP contribution in [0.4, 0.5) is 0 Å². The molecule has 39 heavy (non-hydrogen) atoms. The van der Waals surface area contributed by atoms with Crippen LogP contribution in [0.1, 0.15) is 75.0 Å². The van der Waals surface area contributed by atoms with Gasteiger partial charge in [0.15, 0.2) is 0 Å². The van der Waals surface area contributed by atoms with E-state index in [4.69, 9.17) is 23.2 Å². The molecule has 210 valence electrons. The SMILES string of the molecule is C=CC[C@@]1(CC)C[C@H](c2cccc(Cl)c2)[C@@H](c2ccc(Cl)cc2)N([C@H](CN(C)S(=O)(=O)C2CC2)C2CC2)C1=O. The minimum Gasteiger partial charge on any atom is -0.330 e. The van der Waals surface area contributed by atoms with Gasteiger partial charge in [0.2, 0.25) is 15.9 Å². The summed E-state index contributed by atoms with van der Waals surface area (Å²) in [6.45, 7) is 6.39. The van der Waals surface area contributed by atoms with E-state index in [9.17, 15) is 13.2 Å². The Balaban J connectivity index is 1.66. The molecule has 5 nitrogen and oxygen atoms in total. The first-order chi connectivity index (χ1) is 18.6. The number of rotatable bonds is 11. The highest BCUT2D eigenvalue weighted by Gasteiger charge is 2.55. The van der Waals surface area contributed by atoms with E-state index in [1.54, 1.807) is 7.05 Å². The number of likely N-dealkylation sites (N-methyl/N-ethyl adjacent to an activating group) is 1. The number of benzene rings is 2. The first-order valence-corrected chi connectivity index (χ1v) is 16.3. The quantitative estimate of drug-likeness (QED) is 0.260. The van der Waals surface area contributed by atoms with Gasteiger partial charge in [0.1, 0.15) is 0 Å². The Morgan fingerprint density at radius 1 is 1.08 bits per heavy atom. The molecule has 0 aromatic heterocycles. The van der Waals surface area contributed by atoms with E-state index in [0.29, 0.717) is 48.7 Å². The van der Waals surface area contributed by atoms with Gasteiger partial charge in [-0.25, -0.2) is 12.7 Å². The summed E-state index contributed by atoms with van der Waals surface area (Å²) in [5, 5.41) is 1.00. The molecule has 3 aliphatic rings. The van der Waals surface area contributed by atoms with E-state index in [0.717, 1.165) is 24.0 Å². The molecule has 3 fully saturated rings. The Morgan fingerprint density at radius 3 is 2.33 bits per heavy atom. The molecule has 2 saturated carbocycles. The molecule has 2 aromatic carbocycles. The highest BCUT2D eigenvalue weighted by molar-refractivity contribution is 7.90. The van der Waals surface area contributed by atoms with Crippen LogP contribution in [0.15, 0.2) is 61.2 Å². The fourth-order valence-electron chi connectivity index (χ4n) is 6.48. The van der Waals surface area contributed by atoms with Crippen molar-refractivity contribution in [1.82, 2.24) is 9.21 Å². The molecule has 2 aliphatic carbocycles. The Morgan fingerprint density at radius 2 is 1.77 bits per heavy atom. The first kappa shape index (κ1) is 28.7. The lowest BCUT2D eigenvalue weighted by atomic mass is 9.64. The Kier molecular flexibility index (Phi) is 8.23. The van der Waals surface area contributed by atoms with E-state index in [2.05, 4.69) is 24.5 Å². The lowest BCUT2D eigenvalue weighted by molar-refractivity contribution is -0.157. The van der Waals surface area contributed by atoms with Crippen LogP contribution in [-0.2, 0) is 14.8 Å². The van der Waals surface area contributed by atoms with Crippen molar-refractivity contribution >= 4 is 39.1 Å². The molecule has 0 unspecified atom stereocenters. The molecule has 1 saturated heterocycles. The van der Waals surface area contributed by atoms with Crippen LogP contribution in [0.5, 0.6) is 0 Å². The second-order valence-electron chi connectivity index (χ2n) is 11.6. The monoisotopic (exact) mass is 588 g/mol. The third-order valence-corrected chi connectivity index (χ3v) is 11.8. The second-order valence-corrected chi connectivity index (χ2v) is 14.8. The van der Waals surface area contributed by atoms with Gasteiger partial charge in [0.25, 0.3) is 0 Å². The standard InChI is InChI=1S/C31H38Cl2N2O3S/c1-4-17-31(5-2)19-27(23-7-6-8-25(33)18-23)29(22-11-13-24(32)14-12-22)35(30(31)36)28(21-9-10-21)20-34(3)39(37,38)26-15-16-26/h4,6-8,11-14,18,21,26-29H,1,5,9-10,15-17,19-20H2,2-3H3/t27-,28-,29-,31+/m1/s1. The lowest BCUT2D eigenvalue weighted by Crippen LogP contribution is -2.59. The summed E-state index contributed by atoms with van der Waals surface area (Å²) in [5.74, 6) is 0.323. The number of nitrogens with zero attached hydrogens (tertiary/aromatic N) is 2. The lowest BCUT2D eigenvalue weighted by Gasteiger charge is -2.53. The number of sulfonamides is 1. The van der Waals surface area contributed by atoms with Crippen LogP contribution in [0.25, 0.3) is 0 Å². The summed E-state index contributed by atoms with van der Waals surface area (Å²) in [6, 6.07) is 15.2. The molecule has 4 atom stereocenters. The maximum atomic E-state index is 14.8. The number of halogens is 2. The van der Waals surface area contributed by atoms with Crippen LogP contribution in [0.2, 0.25) is 10.0 Å². The van der Waals surface area contributed by atoms with Crippen molar-refractivity contribution in [2.45, 2.75) is 75.1 Å². The molecule has 0 N–H and O–H groups in total. The molecule has 0 radical (unpaired) electrons. The van der Waals surface area contributed by atoms with Crippen molar-refractivity contribution in [3.63, 3.8) is 0 Å². The van der Waals surface area contributed by atoms with Crippen LogP contribution in [0.3, 0.4) is 0 Å². The average Bonchev–Trinajstić information content (AvgIpc) is 3.82. The minimum atomic E-state index is -3.38. The topological polar surface area (TPSA) is 57.7 Å². The molecule has 5 rings (SSSR count). The maximum absolute atomic E-state index is 14.8. The zero-order valence-corrected chi connectivity index (χ0v) is 25.1. The van der Waals surface area contributed by atoms with Crippen molar-refractivity contribution < 1.29 is 13.2 Å². The number of amides is 1. The molecule has 2 aromatic rings. The summed E-state index contributed by atoms with van der Waals surface area (Å²) < 4.78 is 27.9. The number of allylic oxidation sites excluding steroid dienone is 1. The van der Waals surface area contributed by atoms with E-state index in [1.165, 1.54) is 4.31 Å². The van der Waals surface area contributed by atoms with Crippen LogP contribution < -0.4 is 0 Å². The van der Waals surface area contributed by atoms with Gasteiger partial charge in [-0.1, -0.05) is 60.5 Å². The summed E-state index contributed by atoms with van der Waals surface area (Å²) in [6.07, 6.45) is 7.16. The van der Waals surface area contributed by atoms with Crippen LogP contribution in [-0.4, -0.2) is 48.4 Å². The number of hydrogen-bond donors (Lipinski definition) is 0. The highest BCUT2D eigenvalue weighted by Crippen LogP contribution is 2.55. The number of hydrogen-bond acceptors (Lipinski definition) is 3. The Bertz CT molecular complexity index is 1320. The first-order valence-electron chi connectivity index (χ1n) is 14.0. The van der Waals surface area contributed by atoms with Crippen molar-refractivity contribution in [2.24, 2.45) is 11.3 Å². The summed E-state index contributed by atoms with van der Waals surface area (Å²) in [5.41, 5.74) is 1.45. The normalized spacial score (nSPS) is 26.6. The zero-order chi connectivity index (χ0) is 27.9. The average molecular weight is 590 g/mol. The zero-order valence-electron chi connectivity index (χ0n) is 22.7. The summed E-state index contributed by atoms with van der Waals surface area (Å²) in [7, 11) is -1.70. The van der Waals surface area contributed by atoms with E-state index in [-0.39, 0.29) is 35.1 Å². The second kappa shape index (κ2) is 11.2. The minimum absolute atomic E-state index is 0.0333. The maximum Gasteiger partial charge on any atom is 0.229 e. The van der Waals surface area contributed by atoms with Crippen molar-refractivity contribution in [2.75, 3.05) is 13.6 Å². The Labute approximate surface area is 243 Å². The van der Waals surface area contributed by atoms with Crippen LogP contribution in [0, 0.1) is 11.3 Å². The van der Waals surface area contributed by atoms with Gasteiger partial charge in [0.05, 0.1) is 16.7 Å². The molecule has 1 amide bonds. The van der Waals surface area contributed by atoms with Crippen LogP contribution >= 0.6 is 23.2 Å². The molecule has 1 heterocycles.